The predicted octanol–water partition coefficient (Wildman–Crippen LogP) is 1.73. The summed E-state index contributed by atoms with van der Waals surface area (Å²) in [4.78, 5) is 3.03. The molecular weight excluding hydrogens is 269 g/mol. The van der Waals surface area contributed by atoms with Gasteiger partial charge in [0.05, 0.1) is 4.75 Å². The number of halogens is 3. The molecule has 4 nitrogen and oxygen atoms in total. The van der Waals surface area contributed by atoms with E-state index in [0.29, 0.717) is 6.07 Å². The number of hydrogen-bond donors (Lipinski definition) is 1. The molecule has 1 N–H and O–H groups in total. The van der Waals surface area contributed by atoms with Crippen molar-refractivity contribution in [1.82, 2.24) is 4.98 Å². The Morgan fingerprint density at radius 3 is 2.33 bits per heavy atom. The minimum Gasteiger partial charge on any atom is -0.366 e. The molecule has 0 unspecified atom stereocenters. The summed E-state index contributed by atoms with van der Waals surface area (Å²) in [6.07, 6.45) is 1.03. The number of hydrogen-bond acceptors (Lipinski definition) is 4. The van der Waals surface area contributed by atoms with E-state index in [2.05, 4.69) is 10.3 Å². The SMILES string of the molecule is CC(C)(CNc1nc(F)c(F)cc1F)S(C)(=O)=O. The van der Waals surface area contributed by atoms with Gasteiger partial charge in [0.1, 0.15) is 0 Å². The molecule has 0 aliphatic rings. The van der Waals surface area contributed by atoms with Gasteiger partial charge in [0, 0.05) is 18.9 Å². The first-order chi connectivity index (χ1) is 8.04. The van der Waals surface area contributed by atoms with Crippen LogP contribution in [0.1, 0.15) is 13.8 Å². The third-order valence-corrected chi connectivity index (χ3v) is 4.72. The number of sulfone groups is 1. The van der Waals surface area contributed by atoms with Crippen molar-refractivity contribution in [2.24, 2.45) is 0 Å². The molecule has 0 bridgehead atoms. The number of rotatable bonds is 4. The van der Waals surface area contributed by atoms with Crippen LogP contribution in [-0.4, -0.2) is 30.9 Å². The highest BCUT2D eigenvalue weighted by molar-refractivity contribution is 7.92. The van der Waals surface area contributed by atoms with Gasteiger partial charge >= 0.3 is 0 Å². The lowest BCUT2D eigenvalue weighted by molar-refractivity contribution is 0.466. The Bertz CT molecular complexity index is 558. The monoisotopic (exact) mass is 282 g/mol. The lowest BCUT2D eigenvalue weighted by Crippen LogP contribution is -2.38. The summed E-state index contributed by atoms with van der Waals surface area (Å²) in [7, 11) is -3.38. The highest BCUT2D eigenvalue weighted by Crippen LogP contribution is 2.18. The van der Waals surface area contributed by atoms with Crippen molar-refractivity contribution in [2.75, 3.05) is 18.1 Å². The second-order valence-electron chi connectivity index (χ2n) is 4.48. The Hall–Kier alpha value is -1.31. The number of anilines is 1. The van der Waals surface area contributed by atoms with E-state index in [0.717, 1.165) is 6.26 Å². The first kappa shape index (κ1) is 14.7. The van der Waals surface area contributed by atoms with E-state index in [1.165, 1.54) is 13.8 Å². The molecule has 1 heterocycles. The zero-order chi connectivity index (χ0) is 14.1. The average Bonchev–Trinajstić information content (AvgIpc) is 2.20. The summed E-state index contributed by atoms with van der Waals surface area (Å²) >= 11 is 0. The molecule has 0 aliphatic heterocycles. The van der Waals surface area contributed by atoms with Gasteiger partial charge in [-0.15, -0.1) is 0 Å². The molecule has 0 saturated carbocycles. The van der Waals surface area contributed by atoms with E-state index < -0.39 is 38.0 Å². The topological polar surface area (TPSA) is 59.1 Å². The molecule has 0 fully saturated rings. The summed E-state index contributed by atoms with van der Waals surface area (Å²) in [5.41, 5.74) is 0. The van der Waals surface area contributed by atoms with Crippen LogP contribution in [0.4, 0.5) is 19.0 Å². The third kappa shape index (κ3) is 3.12. The predicted molar refractivity (Wildman–Crippen MR) is 61.5 cm³/mol. The van der Waals surface area contributed by atoms with Gasteiger partial charge in [-0.25, -0.2) is 17.2 Å². The largest absolute Gasteiger partial charge is 0.366 e. The van der Waals surface area contributed by atoms with Crippen LogP contribution in [0.2, 0.25) is 0 Å². The van der Waals surface area contributed by atoms with Crippen LogP contribution in [0.3, 0.4) is 0 Å². The van der Waals surface area contributed by atoms with E-state index in [9.17, 15) is 21.6 Å². The van der Waals surface area contributed by atoms with Gasteiger partial charge in [0.2, 0.25) is 0 Å². The van der Waals surface area contributed by atoms with Gasteiger partial charge in [-0.1, -0.05) is 0 Å². The van der Waals surface area contributed by atoms with Crippen LogP contribution < -0.4 is 5.32 Å². The number of nitrogens with zero attached hydrogens (tertiary/aromatic N) is 1. The molecule has 0 aromatic carbocycles. The van der Waals surface area contributed by atoms with Gasteiger partial charge in [0.15, 0.2) is 27.3 Å². The molecule has 1 aromatic heterocycles. The Kier molecular flexibility index (Phi) is 3.89. The van der Waals surface area contributed by atoms with E-state index >= 15 is 0 Å². The first-order valence-electron chi connectivity index (χ1n) is 4.99. The summed E-state index contributed by atoms with van der Waals surface area (Å²) < 4.78 is 60.2. The zero-order valence-corrected chi connectivity index (χ0v) is 10.9. The van der Waals surface area contributed by atoms with Crippen LogP contribution in [0.5, 0.6) is 0 Å². The summed E-state index contributed by atoms with van der Waals surface area (Å²) in [6, 6.07) is 0.345. The zero-order valence-electron chi connectivity index (χ0n) is 10.1. The molecule has 0 atom stereocenters. The Balaban J connectivity index is 2.91. The molecule has 18 heavy (non-hydrogen) atoms. The molecule has 1 aromatic rings. The number of pyridine rings is 1. The van der Waals surface area contributed by atoms with Crippen LogP contribution in [0.15, 0.2) is 6.07 Å². The van der Waals surface area contributed by atoms with Crippen LogP contribution in [-0.2, 0) is 9.84 Å². The van der Waals surface area contributed by atoms with Gasteiger partial charge in [-0.3, -0.25) is 0 Å². The van der Waals surface area contributed by atoms with E-state index in [-0.39, 0.29) is 6.54 Å². The molecule has 0 spiro atoms. The molecule has 0 saturated heterocycles. The maximum Gasteiger partial charge on any atom is 0.251 e. The maximum absolute atomic E-state index is 13.2. The van der Waals surface area contributed by atoms with Crippen molar-refractivity contribution in [1.29, 1.82) is 0 Å². The van der Waals surface area contributed by atoms with Crippen molar-refractivity contribution < 1.29 is 21.6 Å². The summed E-state index contributed by atoms with van der Waals surface area (Å²) in [5.74, 6) is -4.46. The van der Waals surface area contributed by atoms with Crippen molar-refractivity contribution in [2.45, 2.75) is 18.6 Å². The summed E-state index contributed by atoms with van der Waals surface area (Å²) in [5, 5.41) is 2.36. The lowest BCUT2D eigenvalue weighted by Gasteiger charge is -2.23. The van der Waals surface area contributed by atoms with E-state index in [1.54, 1.807) is 0 Å². The van der Waals surface area contributed by atoms with Crippen molar-refractivity contribution >= 4 is 15.7 Å². The Morgan fingerprint density at radius 2 is 1.83 bits per heavy atom. The molecule has 0 radical (unpaired) electrons. The Morgan fingerprint density at radius 1 is 1.28 bits per heavy atom. The van der Waals surface area contributed by atoms with E-state index in [1.807, 2.05) is 0 Å². The van der Waals surface area contributed by atoms with Crippen molar-refractivity contribution in [3.05, 3.63) is 23.6 Å². The summed E-state index contributed by atoms with van der Waals surface area (Å²) in [6.45, 7) is 2.67. The van der Waals surface area contributed by atoms with Gasteiger partial charge < -0.3 is 5.32 Å². The Labute approximate surface area is 103 Å². The highest BCUT2D eigenvalue weighted by Gasteiger charge is 2.30. The number of nitrogens with one attached hydrogen (secondary N) is 1. The normalized spacial score (nSPS) is 12.6. The van der Waals surface area contributed by atoms with Crippen LogP contribution in [0.25, 0.3) is 0 Å². The van der Waals surface area contributed by atoms with Crippen LogP contribution >= 0.6 is 0 Å². The smallest absolute Gasteiger partial charge is 0.251 e. The van der Waals surface area contributed by atoms with E-state index in [4.69, 9.17) is 0 Å². The fourth-order valence-corrected chi connectivity index (χ4v) is 1.33. The minimum atomic E-state index is -3.38. The fourth-order valence-electron chi connectivity index (χ4n) is 0.996. The number of aromatic nitrogens is 1. The minimum absolute atomic E-state index is 0.180. The standard InChI is InChI=1S/C10H13F3N2O2S/c1-10(2,18(3,16)17)5-14-9-7(12)4-6(11)8(13)15-9/h4H,5H2,1-3H3,(H,14,15). The molecule has 1 rings (SSSR count). The molecule has 102 valence electrons. The fraction of sp³-hybridized carbons (Fsp3) is 0.500. The van der Waals surface area contributed by atoms with Gasteiger partial charge in [-0.2, -0.15) is 9.37 Å². The molecule has 0 amide bonds. The van der Waals surface area contributed by atoms with Crippen LogP contribution in [0, 0.1) is 17.6 Å². The van der Waals surface area contributed by atoms with Crippen molar-refractivity contribution in [3.8, 4) is 0 Å². The first-order valence-corrected chi connectivity index (χ1v) is 6.89. The van der Waals surface area contributed by atoms with Gasteiger partial charge in [0.25, 0.3) is 5.95 Å². The molecular formula is C10H13F3N2O2S. The van der Waals surface area contributed by atoms with Crippen molar-refractivity contribution in [3.63, 3.8) is 0 Å². The van der Waals surface area contributed by atoms with Gasteiger partial charge in [-0.05, 0) is 13.8 Å². The lowest BCUT2D eigenvalue weighted by atomic mass is 10.2. The molecule has 0 aliphatic carbocycles. The second kappa shape index (κ2) is 4.75. The second-order valence-corrected chi connectivity index (χ2v) is 7.13. The maximum atomic E-state index is 13.2. The quantitative estimate of drug-likeness (QED) is 0.854. The third-order valence-electron chi connectivity index (χ3n) is 2.57. The average molecular weight is 282 g/mol. The molecule has 8 heteroatoms. The highest BCUT2D eigenvalue weighted by atomic mass is 32.2.